The number of aromatic amines is 1. The van der Waals surface area contributed by atoms with Gasteiger partial charge in [0.05, 0.1) is 31.4 Å². The van der Waals surface area contributed by atoms with Crippen LogP contribution in [-0.4, -0.2) is 70.7 Å². The minimum absolute atomic E-state index is 0.00664. The zero-order valence-electron chi connectivity index (χ0n) is 12.8. The van der Waals surface area contributed by atoms with E-state index in [4.69, 9.17) is 4.74 Å². The molecule has 0 saturated carbocycles. The summed E-state index contributed by atoms with van der Waals surface area (Å²) in [5, 5.41) is 6.67. The molecule has 2 amide bonds. The number of rotatable bonds is 4. The predicted octanol–water partition coefficient (Wildman–Crippen LogP) is 0.191. The predicted molar refractivity (Wildman–Crippen MR) is 79.0 cm³/mol. The number of hydrogen-bond donors (Lipinski definition) is 1. The van der Waals surface area contributed by atoms with E-state index in [-0.39, 0.29) is 24.0 Å². The summed E-state index contributed by atoms with van der Waals surface area (Å²) >= 11 is 0. The third-order valence-electron chi connectivity index (χ3n) is 4.54. The van der Waals surface area contributed by atoms with Crippen LogP contribution in [0.1, 0.15) is 24.8 Å². The zero-order chi connectivity index (χ0) is 15.5. The maximum Gasteiger partial charge on any atom is 0.225 e. The van der Waals surface area contributed by atoms with Gasteiger partial charge in [-0.05, 0) is 18.4 Å². The molecule has 1 N–H and O–H groups in total. The topological polar surface area (TPSA) is 78.5 Å². The van der Waals surface area contributed by atoms with Gasteiger partial charge in [-0.2, -0.15) is 5.10 Å². The highest BCUT2D eigenvalue weighted by atomic mass is 16.5. The van der Waals surface area contributed by atoms with Crippen LogP contribution in [0.15, 0.2) is 12.4 Å². The van der Waals surface area contributed by atoms with Crippen LogP contribution in [0.2, 0.25) is 0 Å². The summed E-state index contributed by atoms with van der Waals surface area (Å²) in [5.41, 5.74) is 1.12. The number of fused-ring (bicyclic) bond motifs is 1. The Morgan fingerprint density at radius 2 is 2.36 bits per heavy atom. The molecule has 120 valence electrons. The lowest BCUT2D eigenvalue weighted by Gasteiger charge is -2.25. The molecule has 2 saturated heterocycles. The lowest BCUT2D eigenvalue weighted by atomic mass is 10.1. The van der Waals surface area contributed by atoms with E-state index >= 15 is 0 Å². The highest BCUT2D eigenvalue weighted by Crippen LogP contribution is 2.23. The van der Waals surface area contributed by atoms with E-state index in [9.17, 15) is 9.59 Å². The first-order chi connectivity index (χ1) is 10.6. The van der Waals surface area contributed by atoms with Crippen LogP contribution in [-0.2, 0) is 20.7 Å². The van der Waals surface area contributed by atoms with Crippen molar-refractivity contribution >= 4 is 11.8 Å². The third-order valence-corrected chi connectivity index (χ3v) is 4.54. The first-order valence-corrected chi connectivity index (χ1v) is 7.78. The van der Waals surface area contributed by atoms with Crippen molar-refractivity contribution in [2.24, 2.45) is 0 Å². The van der Waals surface area contributed by atoms with Gasteiger partial charge in [0.1, 0.15) is 0 Å². The SMILES string of the molecule is CN1C(=O)CCO[C@H]2CN(C(=O)CCCc3cn[nH]c3)C[C@@H]21. The Kier molecular flexibility index (Phi) is 4.42. The number of hydrogen-bond acceptors (Lipinski definition) is 4. The maximum absolute atomic E-state index is 12.3. The third kappa shape index (κ3) is 3.14. The molecule has 0 radical (unpaired) electrons. The Labute approximate surface area is 129 Å². The molecule has 1 aromatic rings. The van der Waals surface area contributed by atoms with Gasteiger partial charge in [0.2, 0.25) is 11.8 Å². The minimum Gasteiger partial charge on any atom is -0.374 e. The molecule has 1 aromatic heterocycles. The van der Waals surface area contributed by atoms with Crippen molar-refractivity contribution in [3.8, 4) is 0 Å². The Bertz CT molecular complexity index is 531. The largest absolute Gasteiger partial charge is 0.374 e. The smallest absolute Gasteiger partial charge is 0.225 e. The lowest BCUT2D eigenvalue weighted by Crippen LogP contribution is -2.43. The van der Waals surface area contributed by atoms with Crippen molar-refractivity contribution in [3.63, 3.8) is 0 Å². The molecule has 2 aliphatic rings. The number of aryl methyl sites for hydroxylation is 1. The highest BCUT2D eigenvalue weighted by Gasteiger charge is 2.41. The van der Waals surface area contributed by atoms with Crippen molar-refractivity contribution in [1.29, 1.82) is 0 Å². The van der Waals surface area contributed by atoms with E-state index in [1.54, 1.807) is 11.1 Å². The molecule has 0 bridgehead atoms. The standard InChI is InChI=1S/C15H22N4O3/c1-18-12-9-19(10-13(12)22-6-5-14(18)20)15(21)4-2-3-11-7-16-17-8-11/h7-8,12-13H,2-6,9-10H2,1H3,(H,16,17)/t12-,13-/m0/s1. The maximum atomic E-state index is 12.3. The molecule has 3 rings (SSSR count). The minimum atomic E-state index is -0.0470. The van der Waals surface area contributed by atoms with Crippen LogP contribution < -0.4 is 0 Å². The Balaban J connectivity index is 1.51. The molecule has 0 spiro atoms. The van der Waals surface area contributed by atoms with Gasteiger partial charge >= 0.3 is 0 Å². The average molecular weight is 306 g/mol. The molecule has 0 aliphatic carbocycles. The van der Waals surface area contributed by atoms with Crippen molar-refractivity contribution in [2.75, 3.05) is 26.7 Å². The fourth-order valence-electron chi connectivity index (χ4n) is 3.17. The van der Waals surface area contributed by atoms with Crippen LogP contribution in [0.4, 0.5) is 0 Å². The second kappa shape index (κ2) is 6.48. The number of carbonyl (C=O) groups is 2. The number of carbonyl (C=O) groups excluding carboxylic acids is 2. The number of amides is 2. The fraction of sp³-hybridized carbons (Fsp3) is 0.667. The molecular formula is C15H22N4O3. The van der Waals surface area contributed by atoms with Crippen LogP contribution in [0.3, 0.4) is 0 Å². The second-order valence-corrected chi connectivity index (χ2v) is 5.99. The molecule has 7 heteroatoms. The normalized spacial score (nSPS) is 25.2. The number of H-pyrrole nitrogens is 1. The average Bonchev–Trinajstić information content (AvgIpc) is 3.13. The van der Waals surface area contributed by atoms with Crippen LogP contribution in [0.25, 0.3) is 0 Å². The van der Waals surface area contributed by atoms with Crippen molar-refractivity contribution < 1.29 is 14.3 Å². The monoisotopic (exact) mass is 306 g/mol. The van der Waals surface area contributed by atoms with Gasteiger partial charge in [-0.1, -0.05) is 0 Å². The molecule has 3 heterocycles. The summed E-state index contributed by atoms with van der Waals surface area (Å²) in [5.74, 6) is 0.239. The quantitative estimate of drug-likeness (QED) is 0.861. The second-order valence-electron chi connectivity index (χ2n) is 5.99. The molecule has 22 heavy (non-hydrogen) atoms. The van der Waals surface area contributed by atoms with Crippen molar-refractivity contribution in [1.82, 2.24) is 20.0 Å². The van der Waals surface area contributed by atoms with E-state index in [2.05, 4.69) is 10.2 Å². The van der Waals surface area contributed by atoms with Crippen molar-refractivity contribution in [3.05, 3.63) is 18.0 Å². The van der Waals surface area contributed by atoms with Gasteiger partial charge in [0.25, 0.3) is 0 Å². The highest BCUT2D eigenvalue weighted by molar-refractivity contribution is 5.78. The van der Waals surface area contributed by atoms with Crippen molar-refractivity contribution in [2.45, 2.75) is 37.8 Å². The molecular weight excluding hydrogens is 284 g/mol. The molecule has 7 nitrogen and oxygen atoms in total. The van der Waals surface area contributed by atoms with Gasteiger partial charge < -0.3 is 14.5 Å². The first-order valence-electron chi connectivity index (χ1n) is 7.78. The summed E-state index contributed by atoms with van der Waals surface area (Å²) in [6, 6.07) is -0.00664. The summed E-state index contributed by atoms with van der Waals surface area (Å²) in [4.78, 5) is 27.8. The number of aromatic nitrogens is 2. The van der Waals surface area contributed by atoms with Crippen LogP contribution >= 0.6 is 0 Å². The molecule has 0 unspecified atom stereocenters. The van der Waals surface area contributed by atoms with E-state index < -0.39 is 0 Å². The number of likely N-dealkylation sites (tertiary alicyclic amines) is 1. The molecule has 2 atom stereocenters. The summed E-state index contributed by atoms with van der Waals surface area (Å²) in [6.45, 7) is 1.62. The van der Waals surface area contributed by atoms with Gasteiger partial charge in [0, 0.05) is 32.8 Å². The van der Waals surface area contributed by atoms with Gasteiger partial charge in [-0.15, -0.1) is 0 Å². The van der Waals surface area contributed by atoms with Gasteiger partial charge in [-0.25, -0.2) is 0 Å². The summed E-state index contributed by atoms with van der Waals surface area (Å²) < 4.78 is 5.74. The van der Waals surface area contributed by atoms with E-state index in [1.807, 2.05) is 18.1 Å². The zero-order valence-corrected chi connectivity index (χ0v) is 12.8. The van der Waals surface area contributed by atoms with Crippen LogP contribution in [0, 0.1) is 0 Å². The fourth-order valence-corrected chi connectivity index (χ4v) is 3.17. The molecule has 0 aromatic carbocycles. The number of ether oxygens (including phenoxy) is 1. The lowest BCUT2D eigenvalue weighted by molar-refractivity contribution is -0.133. The molecule has 2 aliphatic heterocycles. The number of likely N-dealkylation sites (N-methyl/N-ethyl adjacent to an activating group) is 1. The number of nitrogens with one attached hydrogen (secondary N) is 1. The first kappa shape index (κ1) is 15.0. The number of nitrogens with zero attached hydrogens (tertiary/aromatic N) is 3. The van der Waals surface area contributed by atoms with E-state index in [1.165, 1.54) is 0 Å². The van der Waals surface area contributed by atoms with E-state index in [0.717, 1.165) is 18.4 Å². The molecule has 2 fully saturated rings. The summed E-state index contributed by atoms with van der Waals surface area (Å²) in [7, 11) is 1.81. The van der Waals surface area contributed by atoms with E-state index in [0.29, 0.717) is 32.5 Å². The Hall–Kier alpha value is -1.89. The van der Waals surface area contributed by atoms with Crippen LogP contribution in [0.5, 0.6) is 0 Å². The van der Waals surface area contributed by atoms with Gasteiger partial charge in [-0.3, -0.25) is 14.7 Å². The Morgan fingerprint density at radius 3 is 3.14 bits per heavy atom. The van der Waals surface area contributed by atoms with Gasteiger partial charge in [0.15, 0.2) is 0 Å². The summed E-state index contributed by atoms with van der Waals surface area (Å²) in [6.07, 6.45) is 6.19. The Morgan fingerprint density at radius 1 is 1.50 bits per heavy atom.